The van der Waals surface area contributed by atoms with E-state index in [0.29, 0.717) is 12.1 Å². The predicted molar refractivity (Wildman–Crippen MR) is 96.3 cm³/mol. The lowest BCUT2D eigenvalue weighted by Crippen LogP contribution is -2.39. The Kier molecular flexibility index (Phi) is 4.14. The van der Waals surface area contributed by atoms with Crippen molar-refractivity contribution in [1.29, 1.82) is 0 Å². The van der Waals surface area contributed by atoms with Gasteiger partial charge in [0.25, 0.3) is 5.91 Å². The van der Waals surface area contributed by atoms with Crippen LogP contribution >= 0.6 is 11.3 Å². The Morgan fingerprint density at radius 3 is 2.79 bits per heavy atom. The third-order valence-electron chi connectivity index (χ3n) is 5.32. The number of likely N-dealkylation sites (tertiary alicyclic amines) is 2. The summed E-state index contributed by atoms with van der Waals surface area (Å²) in [6, 6.07) is 9.11. The van der Waals surface area contributed by atoms with Crippen LogP contribution in [-0.2, 0) is 6.54 Å². The molecule has 2 aromatic heterocycles. The maximum absolute atomic E-state index is 12.9. The van der Waals surface area contributed by atoms with Crippen LogP contribution in [0.3, 0.4) is 0 Å². The van der Waals surface area contributed by atoms with E-state index in [4.69, 9.17) is 0 Å². The van der Waals surface area contributed by atoms with Crippen LogP contribution in [0.15, 0.2) is 29.6 Å². The van der Waals surface area contributed by atoms with E-state index in [2.05, 4.69) is 26.9 Å². The number of thiophene rings is 1. The molecule has 2 aromatic rings. The highest BCUT2D eigenvalue weighted by molar-refractivity contribution is 7.12. The number of nitrogens with zero attached hydrogens (tertiary/aromatic N) is 3. The Bertz CT molecular complexity index is 757. The summed E-state index contributed by atoms with van der Waals surface area (Å²) >= 11 is 1.57. The van der Waals surface area contributed by atoms with Gasteiger partial charge in [-0.3, -0.25) is 14.7 Å². The summed E-state index contributed by atoms with van der Waals surface area (Å²) in [7, 11) is 0. The molecule has 2 atom stereocenters. The summed E-state index contributed by atoms with van der Waals surface area (Å²) in [4.78, 5) is 23.1. The average molecular weight is 341 g/mol. The van der Waals surface area contributed by atoms with Crippen molar-refractivity contribution in [3.05, 3.63) is 51.5 Å². The predicted octanol–water partition coefficient (Wildman–Crippen LogP) is 3.25. The highest BCUT2D eigenvalue weighted by Crippen LogP contribution is 2.34. The van der Waals surface area contributed by atoms with Gasteiger partial charge >= 0.3 is 0 Å². The van der Waals surface area contributed by atoms with Crippen molar-refractivity contribution in [2.24, 2.45) is 0 Å². The molecule has 0 spiro atoms. The molecule has 0 bridgehead atoms. The molecule has 1 amide bonds. The van der Waals surface area contributed by atoms with Gasteiger partial charge in [-0.15, -0.1) is 11.3 Å². The molecule has 0 radical (unpaired) electrons. The highest BCUT2D eigenvalue weighted by atomic mass is 32.1. The van der Waals surface area contributed by atoms with Crippen molar-refractivity contribution in [3.8, 4) is 0 Å². The number of pyridine rings is 1. The topological polar surface area (TPSA) is 36.4 Å². The summed E-state index contributed by atoms with van der Waals surface area (Å²) in [6.45, 7) is 6.89. The Labute approximate surface area is 147 Å². The first-order valence-corrected chi connectivity index (χ1v) is 9.53. The second-order valence-corrected chi connectivity index (χ2v) is 7.80. The van der Waals surface area contributed by atoms with Gasteiger partial charge in [0.15, 0.2) is 0 Å². The zero-order valence-corrected chi connectivity index (χ0v) is 15.1. The molecule has 126 valence electrons. The standard InChI is InChI=1S/C19H23N3OS/c1-13-8-11-24-18(13)19(23)22-10-7-16-17(22)6-9-21(16)12-15-5-3-4-14(2)20-15/h3-5,8,11,16-17H,6-7,9-10,12H2,1-2H3/t16-,17+/m0/s1. The molecule has 4 rings (SSSR count). The first kappa shape index (κ1) is 15.8. The Balaban J connectivity index is 1.47. The number of hydrogen-bond acceptors (Lipinski definition) is 4. The minimum Gasteiger partial charge on any atom is -0.333 e. The van der Waals surface area contributed by atoms with Crippen LogP contribution in [0.5, 0.6) is 0 Å². The minimum absolute atomic E-state index is 0.227. The van der Waals surface area contributed by atoms with Gasteiger partial charge in [0.05, 0.1) is 10.6 Å². The van der Waals surface area contributed by atoms with Gasteiger partial charge in [0, 0.05) is 37.4 Å². The summed E-state index contributed by atoms with van der Waals surface area (Å²) in [5, 5.41) is 2.01. The second kappa shape index (κ2) is 6.30. The molecule has 4 heterocycles. The number of carbonyl (C=O) groups is 1. The molecule has 5 heteroatoms. The lowest BCUT2D eigenvalue weighted by molar-refractivity contribution is 0.0736. The Morgan fingerprint density at radius 1 is 1.21 bits per heavy atom. The zero-order valence-electron chi connectivity index (χ0n) is 14.2. The van der Waals surface area contributed by atoms with Crippen molar-refractivity contribution >= 4 is 17.2 Å². The average Bonchev–Trinajstić information content (AvgIpc) is 3.24. The zero-order chi connectivity index (χ0) is 16.7. The van der Waals surface area contributed by atoms with Gasteiger partial charge < -0.3 is 4.90 Å². The van der Waals surface area contributed by atoms with Crippen LogP contribution in [0.25, 0.3) is 0 Å². The van der Waals surface area contributed by atoms with Crippen molar-refractivity contribution in [2.45, 2.75) is 45.3 Å². The summed E-state index contributed by atoms with van der Waals surface area (Å²) in [5.74, 6) is 0.227. The minimum atomic E-state index is 0.227. The maximum atomic E-state index is 12.9. The van der Waals surface area contributed by atoms with E-state index in [9.17, 15) is 4.79 Å². The fourth-order valence-electron chi connectivity index (χ4n) is 4.14. The lowest BCUT2D eigenvalue weighted by atomic mass is 10.1. The van der Waals surface area contributed by atoms with Crippen molar-refractivity contribution in [3.63, 3.8) is 0 Å². The van der Waals surface area contributed by atoms with Crippen molar-refractivity contribution in [2.75, 3.05) is 13.1 Å². The summed E-state index contributed by atoms with van der Waals surface area (Å²) < 4.78 is 0. The molecule has 0 aromatic carbocycles. The van der Waals surface area contributed by atoms with Gasteiger partial charge in [-0.25, -0.2) is 0 Å². The van der Waals surface area contributed by atoms with Crippen LogP contribution < -0.4 is 0 Å². The molecule has 0 N–H and O–H groups in total. The highest BCUT2D eigenvalue weighted by Gasteiger charge is 2.44. The number of fused-ring (bicyclic) bond motifs is 1. The van der Waals surface area contributed by atoms with Crippen LogP contribution in [0, 0.1) is 13.8 Å². The number of aromatic nitrogens is 1. The van der Waals surface area contributed by atoms with E-state index in [1.807, 2.05) is 31.4 Å². The van der Waals surface area contributed by atoms with Crippen molar-refractivity contribution in [1.82, 2.24) is 14.8 Å². The van der Waals surface area contributed by atoms with Crippen LogP contribution in [0.2, 0.25) is 0 Å². The molecule has 0 unspecified atom stereocenters. The Morgan fingerprint density at radius 2 is 2.04 bits per heavy atom. The van der Waals surface area contributed by atoms with Crippen LogP contribution in [0.1, 0.15) is 39.5 Å². The van der Waals surface area contributed by atoms with Gasteiger partial charge in [-0.1, -0.05) is 6.07 Å². The fraction of sp³-hybridized carbons (Fsp3) is 0.474. The maximum Gasteiger partial charge on any atom is 0.264 e. The first-order valence-electron chi connectivity index (χ1n) is 8.65. The molecule has 2 aliphatic heterocycles. The van der Waals surface area contributed by atoms with E-state index >= 15 is 0 Å². The molecular formula is C19H23N3OS. The third kappa shape index (κ3) is 2.76. The first-order chi connectivity index (χ1) is 11.6. The van der Waals surface area contributed by atoms with Crippen LogP contribution in [-0.4, -0.2) is 45.9 Å². The second-order valence-electron chi connectivity index (χ2n) is 6.88. The van der Waals surface area contributed by atoms with E-state index < -0.39 is 0 Å². The molecule has 2 fully saturated rings. The SMILES string of the molecule is Cc1cccc(CN2CC[C@@H]3[C@@H]2CCN3C(=O)c2sccc2C)n1. The number of amides is 1. The van der Waals surface area contributed by atoms with Crippen LogP contribution in [0.4, 0.5) is 0 Å². The van der Waals surface area contributed by atoms with E-state index in [0.717, 1.165) is 54.3 Å². The van der Waals surface area contributed by atoms with Gasteiger partial charge in [-0.05, 0) is 55.8 Å². The number of aryl methyl sites for hydroxylation is 2. The molecular weight excluding hydrogens is 318 g/mol. The number of rotatable bonds is 3. The smallest absolute Gasteiger partial charge is 0.264 e. The lowest BCUT2D eigenvalue weighted by Gasteiger charge is -2.25. The van der Waals surface area contributed by atoms with E-state index in [1.165, 1.54) is 0 Å². The van der Waals surface area contributed by atoms with Gasteiger partial charge in [0.2, 0.25) is 0 Å². The largest absolute Gasteiger partial charge is 0.333 e. The molecule has 2 saturated heterocycles. The fourth-order valence-corrected chi connectivity index (χ4v) is 5.02. The summed E-state index contributed by atoms with van der Waals surface area (Å²) in [6.07, 6.45) is 2.15. The molecule has 2 aliphatic rings. The van der Waals surface area contributed by atoms with E-state index in [1.54, 1.807) is 11.3 Å². The third-order valence-corrected chi connectivity index (χ3v) is 6.32. The molecule has 4 nitrogen and oxygen atoms in total. The number of hydrogen-bond donors (Lipinski definition) is 0. The van der Waals surface area contributed by atoms with Gasteiger partial charge in [0.1, 0.15) is 0 Å². The normalized spacial score (nSPS) is 23.7. The summed E-state index contributed by atoms with van der Waals surface area (Å²) in [5.41, 5.74) is 3.31. The Hall–Kier alpha value is -1.72. The van der Waals surface area contributed by atoms with Crippen molar-refractivity contribution < 1.29 is 4.79 Å². The molecule has 24 heavy (non-hydrogen) atoms. The monoisotopic (exact) mass is 341 g/mol. The molecule has 0 saturated carbocycles. The molecule has 0 aliphatic carbocycles. The quantitative estimate of drug-likeness (QED) is 0.860. The number of carbonyl (C=O) groups excluding carboxylic acids is 1. The van der Waals surface area contributed by atoms with Gasteiger partial charge in [-0.2, -0.15) is 0 Å². The van der Waals surface area contributed by atoms with E-state index in [-0.39, 0.29) is 5.91 Å².